The summed E-state index contributed by atoms with van der Waals surface area (Å²) in [6.45, 7) is 10.6. The molecule has 7 heteroatoms. The van der Waals surface area contributed by atoms with Gasteiger partial charge >= 0.3 is 11.6 Å². The van der Waals surface area contributed by atoms with Crippen molar-refractivity contribution in [3.8, 4) is 5.75 Å². The van der Waals surface area contributed by atoms with Crippen molar-refractivity contribution in [3.63, 3.8) is 0 Å². The van der Waals surface area contributed by atoms with Gasteiger partial charge in [0.05, 0.1) is 10.5 Å². The van der Waals surface area contributed by atoms with Crippen LogP contribution in [0.4, 0.5) is 0 Å². The van der Waals surface area contributed by atoms with Crippen molar-refractivity contribution in [2.24, 2.45) is 0 Å². The lowest BCUT2D eigenvalue weighted by Crippen LogP contribution is -2.45. The zero-order valence-electron chi connectivity index (χ0n) is 15.1. The van der Waals surface area contributed by atoms with Crippen molar-refractivity contribution in [3.05, 3.63) is 51.7 Å². The summed E-state index contributed by atoms with van der Waals surface area (Å²) < 4.78 is 16.3. The molecule has 0 unspecified atom stereocenters. The van der Waals surface area contributed by atoms with Gasteiger partial charge in [0.1, 0.15) is 23.0 Å². The Morgan fingerprint density at radius 3 is 2.50 bits per heavy atom. The zero-order valence-corrected chi connectivity index (χ0v) is 16.0. The second-order valence-electron chi connectivity index (χ2n) is 6.07. The van der Waals surface area contributed by atoms with Crippen LogP contribution in [0.15, 0.2) is 45.0 Å². The molecule has 2 atom stereocenters. The van der Waals surface area contributed by atoms with Gasteiger partial charge in [0, 0.05) is 11.5 Å². The highest BCUT2D eigenvalue weighted by Crippen LogP contribution is 2.45. The van der Waals surface area contributed by atoms with Gasteiger partial charge in [-0.05, 0) is 32.0 Å². The number of aliphatic hydroxyl groups is 1. The SMILES string of the molecule is C=C(S)C(=O)OC(C)(C)[C@H]1Oc2ccc3ccc(=O)oc3c2[C@H]1O.CC. The number of thiol groups is 1. The average Bonchev–Trinajstić information content (AvgIpc) is 2.94. The van der Waals surface area contributed by atoms with Gasteiger partial charge in [-0.25, -0.2) is 9.59 Å². The van der Waals surface area contributed by atoms with Crippen molar-refractivity contribution in [1.29, 1.82) is 0 Å². The van der Waals surface area contributed by atoms with Gasteiger partial charge < -0.3 is 19.0 Å². The lowest BCUT2D eigenvalue weighted by atomic mass is 9.93. The van der Waals surface area contributed by atoms with E-state index in [-0.39, 0.29) is 10.5 Å². The Hall–Kier alpha value is -2.25. The van der Waals surface area contributed by atoms with Crippen molar-refractivity contribution in [2.75, 3.05) is 0 Å². The summed E-state index contributed by atoms with van der Waals surface area (Å²) in [6, 6.07) is 6.31. The third kappa shape index (κ3) is 3.64. The van der Waals surface area contributed by atoms with Crippen LogP contribution >= 0.6 is 12.6 Å². The minimum Gasteiger partial charge on any atom is -0.483 e. The number of rotatable bonds is 3. The fourth-order valence-electron chi connectivity index (χ4n) is 2.75. The standard InChI is InChI=1S/C17H16O6S.C2H6/c1-8(24)16(20)23-17(2,3)15-13(19)12-10(21-15)6-4-9-5-7-11(18)22-14(9)12;1-2/h4-7,13,15,19,24H,1H2,2-3H3;1-2H3/t13-,15+;/m1./s1. The lowest BCUT2D eigenvalue weighted by molar-refractivity contribution is -0.164. The number of fused-ring (bicyclic) bond motifs is 3. The van der Waals surface area contributed by atoms with E-state index in [0.29, 0.717) is 16.7 Å². The minimum atomic E-state index is -1.16. The van der Waals surface area contributed by atoms with Gasteiger partial charge in [-0.2, -0.15) is 0 Å². The molecule has 0 aliphatic carbocycles. The van der Waals surface area contributed by atoms with Gasteiger partial charge in [0.2, 0.25) is 0 Å². The second-order valence-corrected chi connectivity index (χ2v) is 6.61. The van der Waals surface area contributed by atoms with E-state index >= 15 is 0 Å². The molecule has 0 bridgehead atoms. The Balaban J connectivity index is 0.00000117. The molecule has 0 fully saturated rings. The van der Waals surface area contributed by atoms with Crippen molar-refractivity contribution in [1.82, 2.24) is 0 Å². The van der Waals surface area contributed by atoms with Crippen LogP contribution in [0.25, 0.3) is 11.0 Å². The number of carbonyl (C=O) groups excluding carboxylic acids is 1. The van der Waals surface area contributed by atoms with Gasteiger partial charge in [-0.15, -0.1) is 12.6 Å². The van der Waals surface area contributed by atoms with Gasteiger partial charge in [0.25, 0.3) is 0 Å². The smallest absolute Gasteiger partial charge is 0.344 e. The highest BCUT2D eigenvalue weighted by Gasteiger charge is 2.47. The molecule has 2 heterocycles. The summed E-state index contributed by atoms with van der Waals surface area (Å²) in [5.41, 5.74) is -1.06. The molecule has 3 rings (SSSR count). The highest BCUT2D eigenvalue weighted by atomic mass is 32.1. The monoisotopic (exact) mass is 378 g/mol. The average molecular weight is 378 g/mol. The maximum Gasteiger partial charge on any atom is 0.344 e. The van der Waals surface area contributed by atoms with Crippen LogP contribution in [0.1, 0.15) is 39.4 Å². The lowest BCUT2D eigenvalue weighted by Gasteiger charge is -2.32. The first-order valence-corrected chi connectivity index (χ1v) is 8.68. The molecular weight excluding hydrogens is 356 g/mol. The number of hydrogen-bond acceptors (Lipinski definition) is 7. The number of ether oxygens (including phenoxy) is 2. The van der Waals surface area contributed by atoms with E-state index in [0.717, 1.165) is 0 Å². The summed E-state index contributed by atoms with van der Waals surface area (Å²) >= 11 is 3.86. The van der Waals surface area contributed by atoms with E-state index in [4.69, 9.17) is 13.9 Å². The molecule has 140 valence electrons. The maximum atomic E-state index is 11.8. The molecule has 6 nitrogen and oxygen atoms in total. The van der Waals surface area contributed by atoms with Crippen LogP contribution in [0, 0.1) is 0 Å². The topological polar surface area (TPSA) is 86.0 Å². The maximum absolute atomic E-state index is 11.8. The predicted octanol–water partition coefficient (Wildman–Crippen LogP) is 3.38. The van der Waals surface area contributed by atoms with Gasteiger partial charge in [0.15, 0.2) is 6.10 Å². The molecular formula is C19H22O6S. The molecule has 0 radical (unpaired) electrons. The Morgan fingerprint density at radius 1 is 1.27 bits per heavy atom. The molecule has 1 aromatic heterocycles. The summed E-state index contributed by atoms with van der Waals surface area (Å²) in [6.07, 6.45) is -2.01. The third-order valence-electron chi connectivity index (χ3n) is 3.90. The molecule has 0 saturated carbocycles. The second kappa shape index (κ2) is 7.55. The third-order valence-corrected chi connectivity index (χ3v) is 4.08. The van der Waals surface area contributed by atoms with Crippen LogP contribution in [-0.4, -0.2) is 22.8 Å². The largest absolute Gasteiger partial charge is 0.483 e. The molecule has 2 aromatic rings. The molecule has 26 heavy (non-hydrogen) atoms. The van der Waals surface area contributed by atoms with E-state index < -0.39 is 29.4 Å². The van der Waals surface area contributed by atoms with E-state index in [9.17, 15) is 14.7 Å². The summed E-state index contributed by atoms with van der Waals surface area (Å²) in [5, 5.41) is 11.4. The molecule has 1 N–H and O–H groups in total. The molecule has 1 aromatic carbocycles. The predicted molar refractivity (Wildman–Crippen MR) is 102 cm³/mol. The van der Waals surface area contributed by atoms with Crippen molar-refractivity contribution >= 4 is 29.6 Å². The number of hydrogen-bond donors (Lipinski definition) is 2. The van der Waals surface area contributed by atoms with Crippen LogP contribution in [0.2, 0.25) is 0 Å². The summed E-state index contributed by atoms with van der Waals surface area (Å²) in [5.74, 6) is -0.324. The van der Waals surface area contributed by atoms with Crippen LogP contribution in [0.5, 0.6) is 5.75 Å². The van der Waals surface area contributed by atoms with E-state index in [1.165, 1.54) is 6.07 Å². The fraction of sp³-hybridized carbons (Fsp3) is 0.368. The number of aliphatic hydroxyl groups excluding tert-OH is 1. The number of esters is 1. The number of benzene rings is 1. The van der Waals surface area contributed by atoms with Gasteiger partial charge in [-0.1, -0.05) is 20.4 Å². The number of carbonyl (C=O) groups is 1. The normalized spacial score (nSPS) is 18.4. The van der Waals surface area contributed by atoms with Crippen molar-refractivity contribution in [2.45, 2.75) is 45.5 Å². The van der Waals surface area contributed by atoms with Crippen molar-refractivity contribution < 1.29 is 23.8 Å². The molecule has 0 amide bonds. The van der Waals surface area contributed by atoms with E-state index in [2.05, 4.69) is 19.2 Å². The Labute approximate surface area is 156 Å². The fourth-order valence-corrected chi connectivity index (χ4v) is 2.79. The van der Waals surface area contributed by atoms with Crippen LogP contribution in [-0.2, 0) is 9.53 Å². The Kier molecular flexibility index (Phi) is 5.83. The molecule has 0 spiro atoms. The van der Waals surface area contributed by atoms with Crippen LogP contribution in [0.3, 0.4) is 0 Å². The first-order chi connectivity index (χ1) is 12.2. The van der Waals surface area contributed by atoms with E-state index in [1.54, 1.807) is 32.0 Å². The molecule has 0 saturated heterocycles. The quantitative estimate of drug-likeness (QED) is 0.369. The molecule has 1 aliphatic rings. The van der Waals surface area contributed by atoms with Crippen LogP contribution < -0.4 is 10.4 Å². The first kappa shape index (κ1) is 20.1. The van der Waals surface area contributed by atoms with E-state index in [1.807, 2.05) is 13.8 Å². The Bertz CT molecular complexity index is 899. The van der Waals surface area contributed by atoms with Gasteiger partial charge in [-0.3, -0.25) is 0 Å². The highest BCUT2D eigenvalue weighted by molar-refractivity contribution is 7.85. The first-order valence-electron chi connectivity index (χ1n) is 8.23. The zero-order chi connectivity index (χ0) is 19.6. The molecule has 1 aliphatic heterocycles. The summed E-state index contributed by atoms with van der Waals surface area (Å²) in [7, 11) is 0. The summed E-state index contributed by atoms with van der Waals surface area (Å²) in [4.78, 5) is 23.2. The minimum absolute atomic E-state index is 0.0514. The Morgan fingerprint density at radius 2 is 1.88 bits per heavy atom.